The Kier molecular flexibility index (Phi) is 2.93. The number of para-hydroxylation sites is 2. The zero-order chi connectivity index (χ0) is 14.3. The topological polar surface area (TPSA) is 69.3 Å². The zero-order valence-corrected chi connectivity index (χ0v) is 12.2. The van der Waals surface area contributed by atoms with Gasteiger partial charge in [-0.3, -0.25) is 9.40 Å². The molecule has 0 radical (unpaired) electrons. The molecule has 1 aliphatic heterocycles. The van der Waals surface area contributed by atoms with Gasteiger partial charge in [0.1, 0.15) is 4.90 Å². The summed E-state index contributed by atoms with van der Waals surface area (Å²) in [6, 6.07) is 7.52. The first-order chi connectivity index (χ1) is 9.51. The average molecular weight is 292 g/mol. The summed E-state index contributed by atoms with van der Waals surface area (Å²) in [5, 5.41) is 6.49. The van der Waals surface area contributed by atoms with Gasteiger partial charge in [-0.2, -0.15) is 5.10 Å². The van der Waals surface area contributed by atoms with E-state index in [9.17, 15) is 8.42 Å². The van der Waals surface area contributed by atoms with Crippen LogP contribution in [0.25, 0.3) is 0 Å². The molecule has 7 heteroatoms. The zero-order valence-electron chi connectivity index (χ0n) is 11.4. The predicted octanol–water partition coefficient (Wildman–Crippen LogP) is 1.36. The van der Waals surface area contributed by atoms with Crippen molar-refractivity contribution in [1.82, 2.24) is 10.2 Å². The molecular formula is C13H16N4O2S. The number of sulfonamides is 1. The standard InChI is InChI=1S/C13H16N4O2S/c1-10-13(9-14-15-10)20(18,19)17-8-7-16(2)11-5-3-4-6-12(11)17/h3-6,9H,7-8H2,1-2H3,(H,14,15). The molecule has 2 heterocycles. The molecule has 0 bridgehead atoms. The van der Waals surface area contributed by atoms with E-state index < -0.39 is 10.0 Å². The number of hydrogen-bond donors (Lipinski definition) is 1. The quantitative estimate of drug-likeness (QED) is 0.907. The third-order valence-electron chi connectivity index (χ3n) is 3.55. The molecule has 3 rings (SSSR count). The van der Waals surface area contributed by atoms with Crippen LogP contribution < -0.4 is 9.21 Å². The second-order valence-electron chi connectivity index (χ2n) is 4.85. The molecule has 1 N–H and O–H groups in total. The van der Waals surface area contributed by atoms with Gasteiger partial charge in [0, 0.05) is 13.6 Å². The van der Waals surface area contributed by atoms with Crippen LogP contribution in [0.2, 0.25) is 0 Å². The maximum Gasteiger partial charge on any atom is 0.267 e. The van der Waals surface area contributed by atoms with Gasteiger partial charge in [0.25, 0.3) is 10.0 Å². The Labute approximate surface area is 118 Å². The summed E-state index contributed by atoms with van der Waals surface area (Å²) in [6.07, 6.45) is 1.37. The van der Waals surface area contributed by atoms with Crippen molar-refractivity contribution < 1.29 is 8.42 Å². The molecule has 0 saturated carbocycles. The first kappa shape index (κ1) is 13.0. The lowest BCUT2D eigenvalue weighted by Gasteiger charge is -2.35. The molecule has 0 unspecified atom stereocenters. The van der Waals surface area contributed by atoms with E-state index >= 15 is 0 Å². The summed E-state index contributed by atoms with van der Waals surface area (Å²) in [7, 11) is -1.61. The van der Waals surface area contributed by atoms with Crippen molar-refractivity contribution in [3.8, 4) is 0 Å². The van der Waals surface area contributed by atoms with Crippen molar-refractivity contribution in [1.29, 1.82) is 0 Å². The van der Waals surface area contributed by atoms with Crippen LogP contribution in [-0.2, 0) is 10.0 Å². The van der Waals surface area contributed by atoms with Crippen LogP contribution in [0.15, 0.2) is 35.4 Å². The van der Waals surface area contributed by atoms with E-state index in [0.717, 1.165) is 5.69 Å². The van der Waals surface area contributed by atoms with Gasteiger partial charge in [0.05, 0.1) is 29.8 Å². The monoisotopic (exact) mass is 292 g/mol. The largest absolute Gasteiger partial charge is 0.371 e. The fraction of sp³-hybridized carbons (Fsp3) is 0.308. The van der Waals surface area contributed by atoms with Gasteiger partial charge in [-0.1, -0.05) is 12.1 Å². The molecule has 0 fully saturated rings. The number of aromatic amines is 1. The molecule has 0 atom stereocenters. The molecule has 20 heavy (non-hydrogen) atoms. The Hall–Kier alpha value is -2.02. The number of nitrogens with one attached hydrogen (secondary N) is 1. The number of benzene rings is 1. The molecule has 0 amide bonds. The highest BCUT2D eigenvalue weighted by Gasteiger charge is 2.32. The van der Waals surface area contributed by atoms with Crippen molar-refractivity contribution in [3.63, 3.8) is 0 Å². The number of likely N-dealkylation sites (N-methyl/N-ethyl adjacent to an activating group) is 1. The number of H-pyrrole nitrogens is 1. The number of nitrogens with zero attached hydrogens (tertiary/aromatic N) is 3. The second-order valence-corrected chi connectivity index (χ2v) is 6.68. The van der Waals surface area contributed by atoms with Crippen LogP contribution in [0.5, 0.6) is 0 Å². The number of rotatable bonds is 2. The van der Waals surface area contributed by atoms with Gasteiger partial charge in [0.2, 0.25) is 0 Å². The van der Waals surface area contributed by atoms with Crippen LogP contribution in [0.1, 0.15) is 5.69 Å². The van der Waals surface area contributed by atoms with Crippen LogP contribution in [0.3, 0.4) is 0 Å². The molecular weight excluding hydrogens is 276 g/mol. The molecule has 0 saturated heterocycles. The van der Waals surface area contributed by atoms with Gasteiger partial charge in [-0.15, -0.1) is 0 Å². The molecule has 1 aromatic heterocycles. The summed E-state index contributed by atoms with van der Waals surface area (Å²) in [6.45, 7) is 2.80. The van der Waals surface area contributed by atoms with Gasteiger partial charge in [0.15, 0.2) is 0 Å². The minimum Gasteiger partial charge on any atom is -0.371 e. The number of hydrogen-bond acceptors (Lipinski definition) is 4. The van der Waals surface area contributed by atoms with Crippen molar-refractivity contribution in [2.75, 3.05) is 29.3 Å². The number of aryl methyl sites for hydroxylation is 1. The van der Waals surface area contributed by atoms with Crippen molar-refractivity contribution in [2.24, 2.45) is 0 Å². The van der Waals surface area contributed by atoms with Crippen molar-refractivity contribution in [3.05, 3.63) is 36.2 Å². The first-order valence-corrected chi connectivity index (χ1v) is 7.78. The molecule has 1 aliphatic rings. The Morgan fingerprint density at radius 3 is 2.55 bits per heavy atom. The summed E-state index contributed by atoms with van der Waals surface area (Å²) < 4.78 is 27.0. The highest BCUT2D eigenvalue weighted by atomic mass is 32.2. The predicted molar refractivity (Wildman–Crippen MR) is 77.6 cm³/mol. The lowest BCUT2D eigenvalue weighted by Crippen LogP contribution is -2.42. The minimum absolute atomic E-state index is 0.233. The smallest absolute Gasteiger partial charge is 0.267 e. The summed E-state index contributed by atoms with van der Waals surface area (Å²) in [4.78, 5) is 2.29. The van der Waals surface area contributed by atoms with E-state index in [-0.39, 0.29) is 4.90 Å². The number of aromatic nitrogens is 2. The highest BCUT2D eigenvalue weighted by molar-refractivity contribution is 7.92. The summed E-state index contributed by atoms with van der Waals surface area (Å²) in [5.41, 5.74) is 2.19. The van der Waals surface area contributed by atoms with E-state index in [1.165, 1.54) is 10.5 Å². The number of anilines is 2. The SMILES string of the molecule is Cc1[nH]ncc1S(=O)(=O)N1CCN(C)c2ccccc21. The van der Waals surface area contributed by atoms with Gasteiger partial charge < -0.3 is 4.90 Å². The van der Waals surface area contributed by atoms with E-state index in [4.69, 9.17) is 0 Å². The molecule has 0 aliphatic carbocycles. The molecule has 0 spiro atoms. The van der Waals surface area contributed by atoms with Gasteiger partial charge >= 0.3 is 0 Å². The fourth-order valence-electron chi connectivity index (χ4n) is 2.45. The average Bonchev–Trinajstić information content (AvgIpc) is 2.86. The Balaban J connectivity index is 2.13. The normalized spacial score (nSPS) is 15.3. The molecule has 1 aromatic carbocycles. The second kappa shape index (κ2) is 4.52. The summed E-state index contributed by atoms with van der Waals surface area (Å²) in [5.74, 6) is 0. The van der Waals surface area contributed by atoms with E-state index in [2.05, 4.69) is 15.1 Å². The fourth-order valence-corrected chi connectivity index (χ4v) is 4.04. The van der Waals surface area contributed by atoms with E-state index in [1.807, 2.05) is 31.3 Å². The van der Waals surface area contributed by atoms with Crippen LogP contribution in [0.4, 0.5) is 11.4 Å². The third kappa shape index (κ3) is 1.85. The maximum atomic E-state index is 12.8. The maximum absolute atomic E-state index is 12.8. The summed E-state index contributed by atoms with van der Waals surface area (Å²) >= 11 is 0. The van der Waals surface area contributed by atoms with Crippen LogP contribution >= 0.6 is 0 Å². The van der Waals surface area contributed by atoms with Gasteiger partial charge in [-0.25, -0.2) is 8.42 Å². The molecule has 2 aromatic rings. The van der Waals surface area contributed by atoms with E-state index in [0.29, 0.717) is 24.5 Å². The third-order valence-corrected chi connectivity index (χ3v) is 5.48. The van der Waals surface area contributed by atoms with E-state index in [1.54, 1.807) is 6.92 Å². The first-order valence-electron chi connectivity index (χ1n) is 6.34. The lowest BCUT2D eigenvalue weighted by atomic mass is 10.2. The van der Waals surface area contributed by atoms with Gasteiger partial charge in [-0.05, 0) is 19.1 Å². The Morgan fingerprint density at radius 2 is 1.90 bits per heavy atom. The highest BCUT2D eigenvalue weighted by Crippen LogP contribution is 2.35. The molecule has 6 nitrogen and oxygen atoms in total. The van der Waals surface area contributed by atoms with Crippen molar-refractivity contribution >= 4 is 21.4 Å². The molecule has 106 valence electrons. The number of fused-ring (bicyclic) bond motifs is 1. The lowest BCUT2D eigenvalue weighted by molar-refractivity contribution is 0.588. The van der Waals surface area contributed by atoms with Crippen LogP contribution in [0, 0.1) is 6.92 Å². The van der Waals surface area contributed by atoms with Crippen molar-refractivity contribution in [2.45, 2.75) is 11.8 Å². The Bertz CT molecular complexity index is 738. The van der Waals surface area contributed by atoms with Crippen LogP contribution in [-0.4, -0.2) is 38.8 Å². The Morgan fingerprint density at radius 1 is 1.20 bits per heavy atom. The minimum atomic E-state index is -3.57.